The summed E-state index contributed by atoms with van der Waals surface area (Å²) < 4.78 is 30.7. The van der Waals surface area contributed by atoms with Crippen molar-refractivity contribution in [2.24, 2.45) is 0 Å². The Balaban J connectivity index is 1.75. The van der Waals surface area contributed by atoms with Crippen LogP contribution in [0.2, 0.25) is 0 Å². The number of hydrogen-bond donors (Lipinski definition) is 2. The Kier molecular flexibility index (Phi) is 9.83. The third-order valence-corrected chi connectivity index (χ3v) is 8.05. The lowest BCUT2D eigenvalue weighted by molar-refractivity contribution is 0.295. The van der Waals surface area contributed by atoms with Gasteiger partial charge in [0.05, 0.1) is 5.69 Å². The van der Waals surface area contributed by atoms with Crippen molar-refractivity contribution in [2.45, 2.75) is 72.1 Å². The fraction of sp³-hybridized carbons (Fsp3) is 0.615. The first-order valence-corrected chi connectivity index (χ1v) is 14.2. The molecule has 0 radical (unpaired) electrons. The molecule has 0 saturated carbocycles. The second-order valence-electron chi connectivity index (χ2n) is 9.16. The molecule has 33 heavy (non-hydrogen) atoms. The number of H-pyrrole nitrogens is 1. The van der Waals surface area contributed by atoms with Crippen LogP contribution in [-0.2, 0) is 10.2 Å². The molecule has 0 fully saturated rings. The first-order chi connectivity index (χ1) is 16.0. The lowest BCUT2D eigenvalue weighted by Gasteiger charge is -2.26. The molecule has 0 bridgehead atoms. The van der Waals surface area contributed by atoms with E-state index in [-0.39, 0.29) is 0 Å². The maximum absolute atomic E-state index is 13.1. The van der Waals surface area contributed by atoms with Crippen LogP contribution in [-0.4, -0.2) is 55.3 Å². The summed E-state index contributed by atoms with van der Waals surface area (Å²) in [6, 6.07) is 5.80. The largest absolute Gasteiger partial charge is 0.361 e. The molecule has 2 N–H and O–H groups in total. The van der Waals surface area contributed by atoms with Crippen LogP contribution in [0.5, 0.6) is 0 Å². The maximum atomic E-state index is 13.1. The van der Waals surface area contributed by atoms with E-state index < -0.39 is 10.2 Å². The van der Waals surface area contributed by atoms with E-state index in [1.54, 1.807) is 4.31 Å². The summed E-state index contributed by atoms with van der Waals surface area (Å²) in [5.41, 5.74) is 4.19. The van der Waals surface area contributed by atoms with E-state index in [2.05, 4.69) is 47.7 Å². The Morgan fingerprint density at radius 3 is 2.39 bits per heavy atom. The number of hydrogen-bond acceptors (Lipinski definition) is 3. The van der Waals surface area contributed by atoms with Gasteiger partial charge < -0.3 is 4.98 Å². The second kappa shape index (κ2) is 12.6. The molecule has 3 rings (SSSR count). The molecule has 0 saturated heterocycles. The molecule has 0 atom stereocenters. The van der Waals surface area contributed by atoms with Gasteiger partial charge in [0.1, 0.15) is 0 Å². The molecule has 7 heteroatoms. The summed E-state index contributed by atoms with van der Waals surface area (Å²) in [4.78, 5) is 5.89. The first-order valence-electron chi connectivity index (χ1n) is 12.8. The van der Waals surface area contributed by atoms with Gasteiger partial charge in [0.15, 0.2) is 0 Å². The van der Waals surface area contributed by atoms with Crippen LogP contribution in [0.15, 0.2) is 30.5 Å². The van der Waals surface area contributed by atoms with Crippen molar-refractivity contribution >= 4 is 32.4 Å². The number of aromatic amines is 1. The molecule has 6 nitrogen and oxygen atoms in total. The van der Waals surface area contributed by atoms with Gasteiger partial charge >= 0.3 is 10.2 Å². The van der Waals surface area contributed by atoms with Crippen molar-refractivity contribution in [1.29, 1.82) is 0 Å². The van der Waals surface area contributed by atoms with Gasteiger partial charge in [0, 0.05) is 48.8 Å². The molecule has 0 amide bonds. The third kappa shape index (κ3) is 7.08. The van der Waals surface area contributed by atoms with Gasteiger partial charge in [-0.25, -0.2) is 0 Å². The van der Waals surface area contributed by atoms with Gasteiger partial charge in [-0.15, -0.1) is 0 Å². The third-order valence-electron chi connectivity index (χ3n) is 6.51. The van der Waals surface area contributed by atoms with Gasteiger partial charge in [0.25, 0.3) is 0 Å². The molecule has 1 aliphatic rings. The van der Waals surface area contributed by atoms with E-state index in [1.807, 2.05) is 18.2 Å². The summed E-state index contributed by atoms with van der Waals surface area (Å²) >= 11 is 0. The highest BCUT2D eigenvalue weighted by Gasteiger charge is 2.22. The minimum Gasteiger partial charge on any atom is -0.361 e. The second-order valence-corrected chi connectivity index (χ2v) is 10.8. The molecule has 1 aromatic heterocycles. The lowest BCUT2D eigenvalue weighted by atomic mass is 9.98. The first kappa shape index (κ1) is 25.8. The molecule has 0 aliphatic carbocycles. The normalized spacial score (nSPS) is 15.3. The van der Waals surface area contributed by atoms with Crippen LogP contribution in [0, 0.1) is 0 Å². The Bertz CT molecular complexity index is 1000. The molecule has 184 valence electrons. The van der Waals surface area contributed by atoms with Crippen molar-refractivity contribution in [3.05, 3.63) is 36.0 Å². The Morgan fingerprint density at radius 2 is 1.76 bits per heavy atom. The molecule has 2 heterocycles. The number of aromatic nitrogens is 1. The SMILES string of the molecule is CCCCCN1CC=C(c2c[nH]c3ccc(NS(=O)(=O)N(CCCC)CCCC)cc23)CC1. The van der Waals surface area contributed by atoms with Crippen molar-refractivity contribution in [3.8, 4) is 0 Å². The van der Waals surface area contributed by atoms with E-state index in [0.29, 0.717) is 18.8 Å². The minimum atomic E-state index is -3.58. The molecule has 1 aromatic carbocycles. The van der Waals surface area contributed by atoms with Crippen LogP contribution < -0.4 is 4.72 Å². The van der Waals surface area contributed by atoms with Gasteiger partial charge in [-0.1, -0.05) is 52.5 Å². The fourth-order valence-corrected chi connectivity index (χ4v) is 5.72. The summed E-state index contributed by atoms with van der Waals surface area (Å²) in [7, 11) is -3.58. The number of nitrogens with one attached hydrogen (secondary N) is 2. The van der Waals surface area contributed by atoms with Gasteiger partial charge in [-0.05, 0) is 56.0 Å². The predicted molar refractivity (Wildman–Crippen MR) is 141 cm³/mol. The molecular weight excluding hydrogens is 432 g/mol. The Hall–Kier alpha value is -1.83. The number of unbranched alkanes of at least 4 members (excludes halogenated alkanes) is 4. The zero-order chi connectivity index (χ0) is 23.7. The number of rotatable bonds is 14. The highest BCUT2D eigenvalue weighted by atomic mass is 32.2. The molecular formula is C26H42N4O2S. The van der Waals surface area contributed by atoms with Crippen molar-refractivity contribution < 1.29 is 8.42 Å². The molecule has 0 spiro atoms. The quantitative estimate of drug-likeness (QED) is 0.330. The fourth-order valence-electron chi connectivity index (χ4n) is 4.43. The average Bonchev–Trinajstić information content (AvgIpc) is 3.22. The summed E-state index contributed by atoms with van der Waals surface area (Å²) in [6.45, 7) is 10.8. The zero-order valence-electron chi connectivity index (χ0n) is 20.7. The Labute approximate surface area is 200 Å². The summed E-state index contributed by atoms with van der Waals surface area (Å²) in [5, 5.41) is 1.08. The number of benzene rings is 1. The van der Waals surface area contributed by atoms with E-state index in [4.69, 9.17) is 0 Å². The zero-order valence-corrected chi connectivity index (χ0v) is 21.5. The highest BCUT2D eigenvalue weighted by Crippen LogP contribution is 2.31. The van der Waals surface area contributed by atoms with Crippen molar-refractivity contribution in [1.82, 2.24) is 14.2 Å². The smallest absolute Gasteiger partial charge is 0.301 e. The minimum absolute atomic E-state index is 0.561. The summed E-state index contributed by atoms with van der Waals surface area (Å²) in [6.07, 6.45) is 12.9. The monoisotopic (exact) mass is 474 g/mol. The number of nitrogens with zero attached hydrogens (tertiary/aromatic N) is 2. The molecule has 0 unspecified atom stereocenters. The van der Waals surface area contributed by atoms with Crippen LogP contribution in [0.25, 0.3) is 16.5 Å². The van der Waals surface area contributed by atoms with Crippen molar-refractivity contribution in [2.75, 3.05) is 37.4 Å². The van der Waals surface area contributed by atoms with E-state index in [0.717, 1.165) is 56.1 Å². The van der Waals surface area contributed by atoms with Gasteiger partial charge in [-0.2, -0.15) is 12.7 Å². The van der Waals surface area contributed by atoms with E-state index in [9.17, 15) is 8.42 Å². The molecule has 2 aromatic rings. The van der Waals surface area contributed by atoms with Gasteiger partial charge in [-0.3, -0.25) is 9.62 Å². The van der Waals surface area contributed by atoms with Gasteiger partial charge in [0.2, 0.25) is 0 Å². The topological polar surface area (TPSA) is 68.4 Å². The van der Waals surface area contributed by atoms with Crippen LogP contribution in [0.1, 0.15) is 77.7 Å². The average molecular weight is 475 g/mol. The maximum Gasteiger partial charge on any atom is 0.301 e. The van der Waals surface area contributed by atoms with Crippen LogP contribution >= 0.6 is 0 Å². The van der Waals surface area contributed by atoms with Crippen molar-refractivity contribution in [3.63, 3.8) is 0 Å². The predicted octanol–water partition coefficient (Wildman–Crippen LogP) is 6.01. The van der Waals surface area contributed by atoms with E-state index in [1.165, 1.54) is 36.9 Å². The number of anilines is 1. The molecule has 1 aliphatic heterocycles. The standard InChI is InChI=1S/C26H42N4O2S/c1-4-7-10-15-29-18-13-22(14-19-29)25-21-27-26-12-11-23(20-24(25)26)28-33(31,32)30(16-8-5-2)17-9-6-3/h11-13,20-21,27-28H,4-10,14-19H2,1-3H3. The highest BCUT2D eigenvalue weighted by molar-refractivity contribution is 7.90. The van der Waals surface area contributed by atoms with Crippen LogP contribution in [0.3, 0.4) is 0 Å². The van der Waals surface area contributed by atoms with Crippen LogP contribution in [0.4, 0.5) is 5.69 Å². The lowest BCUT2D eigenvalue weighted by Crippen LogP contribution is -2.37. The van der Waals surface area contributed by atoms with E-state index >= 15 is 0 Å². The number of fused-ring (bicyclic) bond motifs is 1. The Morgan fingerprint density at radius 1 is 1.03 bits per heavy atom. The summed E-state index contributed by atoms with van der Waals surface area (Å²) in [5.74, 6) is 0.